The number of fused-ring (bicyclic) bond motifs is 1. The maximum absolute atomic E-state index is 14.3. The van der Waals surface area contributed by atoms with Crippen LogP contribution in [-0.2, 0) is 25.4 Å². The lowest BCUT2D eigenvalue weighted by molar-refractivity contribution is -0.149. The molecule has 0 bridgehead atoms. The number of amides is 2. The van der Waals surface area contributed by atoms with Crippen molar-refractivity contribution in [2.75, 3.05) is 12.9 Å². The van der Waals surface area contributed by atoms with Crippen LogP contribution in [0.5, 0.6) is 0 Å². The molecule has 0 radical (unpaired) electrons. The highest BCUT2D eigenvalue weighted by Gasteiger charge is 2.41. The number of urea groups is 1. The highest BCUT2D eigenvalue weighted by Crippen LogP contribution is 2.44. The molecule has 2 unspecified atom stereocenters. The fraction of sp³-hybridized carbons (Fsp3) is 0.333. The molecule has 3 aliphatic rings. The monoisotopic (exact) mass is 582 g/mol. The van der Waals surface area contributed by atoms with Crippen molar-refractivity contribution >= 4 is 40.4 Å². The van der Waals surface area contributed by atoms with Crippen LogP contribution in [0.4, 0.5) is 9.18 Å². The van der Waals surface area contributed by atoms with Gasteiger partial charge < -0.3 is 29.6 Å². The number of benzene rings is 2. The van der Waals surface area contributed by atoms with Gasteiger partial charge in [0.05, 0.1) is 12.5 Å². The number of allylic oxidation sites excluding steroid dienone is 2. The Morgan fingerprint density at radius 1 is 1.22 bits per heavy atom. The van der Waals surface area contributed by atoms with Crippen molar-refractivity contribution < 1.29 is 38.2 Å². The smallest absolute Gasteiger partial charge is 0.325 e. The van der Waals surface area contributed by atoms with Gasteiger partial charge >= 0.3 is 12.0 Å². The molecule has 1 fully saturated rings. The van der Waals surface area contributed by atoms with Crippen LogP contribution in [0.15, 0.2) is 64.7 Å². The van der Waals surface area contributed by atoms with Crippen LogP contribution in [0.1, 0.15) is 43.4 Å². The summed E-state index contributed by atoms with van der Waals surface area (Å²) in [7, 11) is 0. The number of esters is 1. The molecule has 0 spiro atoms. The fourth-order valence-corrected chi connectivity index (χ4v) is 5.70. The first-order valence-electron chi connectivity index (χ1n) is 13.1. The predicted octanol–water partition coefficient (Wildman–Crippen LogP) is 3.55. The van der Waals surface area contributed by atoms with Crippen LogP contribution < -0.4 is 5.32 Å². The summed E-state index contributed by atoms with van der Waals surface area (Å²) in [6.07, 6.45) is 1.31. The third kappa shape index (κ3) is 6.09. The molecule has 2 aromatic carbocycles. The number of hydrogen-bond acceptors (Lipinski definition) is 7. The van der Waals surface area contributed by atoms with Gasteiger partial charge in [-0.25, -0.2) is 9.18 Å². The van der Waals surface area contributed by atoms with E-state index < -0.39 is 53.7 Å². The van der Waals surface area contributed by atoms with Crippen LogP contribution in [0.3, 0.4) is 0 Å². The summed E-state index contributed by atoms with van der Waals surface area (Å²) in [4.78, 5) is 27.2. The van der Waals surface area contributed by atoms with E-state index in [-0.39, 0.29) is 19.4 Å². The topological polar surface area (TPSA) is 131 Å². The molecule has 1 aliphatic carbocycles. The SMILES string of the molecule is CC1=CN([C@H]2C[C@H](O)[C@@H](COC(=O)CC3=C(C)/C(=C/c4ccc([S+](C)[O-])cc4)c4ccc(F)cc43)O2)C(=O)NC1O. The molecule has 2 aromatic rings. The third-order valence-electron chi connectivity index (χ3n) is 7.49. The van der Waals surface area contributed by atoms with E-state index in [9.17, 15) is 28.7 Å². The molecule has 1 saturated heterocycles. The molecule has 216 valence electrons. The minimum atomic E-state index is -1.09. The van der Waals surface area contributed by atoms with Gasteiger partial charge in [-0.3, -0.25) is 9.69 Å². The lowest BCUT2D eigenvalue weighted by Gasteiger charge is -2.31. The lowest BCUT2D eigenvalue weighted by Crippen LogP contribution is -2.51. The van der Waals surface area contributed by atoms with Gasteiger partial charge in [-0.05, 0) is 106 Å². The second kappa shape index (κ2) is 11.8. The van der Waals surface area contributed by atoms with Gasteiger partial charge in [0.2, 0.25) is 0 Å². The molecule has 5 atom stereocenters. The number of aliphatic hydroxyl groups is 2. The van der Waals surface area contributed by atoms with E-state index in [1.54, 1.807) is 31.4 Å². The quantitative estimate of drug-likeness (QED) is 0.336. The van der Waals surface area contributed by atoms with E-state index in [0.717, 1.165) is 22.3 Å². The summed E-state index contributed by atoms with van der Waals surface area (Å²) in [6, 6.07) is 11.2. The van der Waals surface area contributed by atoms with Gasteiger partial charge in [-0.15, -0.1) is 0 Å². The number of nitrogens with one attached hydrogen (secondary N) is 1. The molecule has 11 heteroatoms. The lowest BCUT2D eigenvalue weighted by atomic mass is 10.0. The first-order valence-corrected chi connectivity index (χ1v) is 14.7. The summed E-state index contributed by atoms with van der Waals surface area (Å²) in [5, 5.41) is 22.7. The van der Waals surface area contributed by atoms with Crippen molar-refractivity contribution in [3.8, 4) is 0 Å². The van der Waals surface area contributed by atoms with E-state index in [2.05, 4.69) is 5.32 Å². The Morgan fingerprint density at radius 2 is 1.95 bits per heavy atom. The minimum Gasteiger partial charge on any atom is -0.612 e. The molecule has 5 rings (SSSR count). The Morgan fingerprint density at radius 3 is 2.66 bits per heavy atom. The number of carbonyl (C=O) groups excluding carboxylic acids is 2. The Labute approximate surface area is 240 Å². The molecular formula is C30H31FN2O7S. The first kappa shape index (κ1) is 29.0. The predicted molar refractivity (Wildman–Crippen MR) is 151 cm³/mol. The van der Waals surface area contributed by atoms with Gasteiger partial charge in [0, 0.05) is 12.6 Å². The molecule has 2 aliphatic heterocycles. The Balaban J connectivity index is 1.28. The summed E-state index contributed by atoms with van der Waals surface area (Å²) in [6.45, 7) is 3.29. The standard InChI is InChI=1S/C30H31FN2O7S/c1-16-14-33(30(37)32-29(16)36)27-13-25(34)26(40-27)15-39-28(35)12-23-17(2)22(21-9-6-19(31)11-24(21)23)10-18-4-7-20(8-5-18)41(3)38/h4-11,14,25-27,29,34,36H,12-13,15H2,1-3H3,(H,32,37)/b22-10-/t25-,26+,27+,29?,41?/m0/s1. The van der Waals surface area contributed by atoms with Gasteiger partial charge in [-0.2, -0.15) is 0 Å². The van der Waals surface area contributed by atoms with E-state index in [1.807, 2.05) is 25.1 Å². The summed E-state index contributed by atoms with van der Waals surface area (Å²) >= 11 is -1.09. The maximum atomic E-state index is 14.3. The number of aliphatic hydroxyl groups excluding tert-OH is 2. The molecular weight excluding hydrogens is 551 g/mol. The number of hydrogen-bond donors (Lipinski definition) is 3. The zero-order valence-corrected chi connectivity index (χ0v) is 23.6. The van der Waals surface area contributed by atoms with Gasteiger partial charge in [0.15, 0.2) is 11.1 Å². The largest absolute Gasteiger partial charge is 0.612 e. The third-order valence-corrected chi connectivity index (χ3v) is 8.43. The van der Waals surface area contributed by atoms with Crippen molar-refractivity contribution in [3.05, 3.63) is 82.3 Å². The van der Waals surface area contributed by atoms with E-state index >= 15 is 0 Å². The summed E-state index contributed by atoms with van der Waals surface area (Å²) < 4.78 is 37.3. The van der Waals surface area contributed by atoms with Crippen molar-refractivity contribution in [2.45, 2.75) is 56.2 Å². The number of rotatable bonds is 7. The highest BCUT2D eigenvalue weighted by molar-refractivity contribution is 7.90. The van der Waals surface area contributed by atoms with Gasteiger partial charge in [0.1, 0.15) is 31.0 Å². The van der Waals surface area contributed by atoms with Crippen molar-refractivity contribution in [1.29, 1.82) is 0 Å². The Bertz CT molecular complexity index is 1450. The first-order chi connectivity index (χ1) is 19.5. The van der Waals surface area contributed by atoms with Crippen LogP contribution in [0, 0.1) is 5.82 Å². The number of nitrogens with zero attached hydrogens (tertiary/aromatic N) is 1. The second-order valence-corrected chi connectivity index (χ2v) is 11.7. The Hall–Kier alpha value is -3.48. The van der Waals surface area contributed by atoms with Crippen molar-refractivity contribution in [1.82, 2.24) is 10.2 Å². The second-order valence-electron chi connectivity index (χ2n) is 10.3. The Kier molecular flexibility index (Phi) is 8.35. The van der Waals surface area contributed by atoms with Crippen LogP contribution in [-0.4, -0.2) is 69.2 Å². The molecule has 2 amide bonds. The van der Waals surface area contributed by atoms with Crippen molar-refractivity contribution in [2.24, 2.45) is 0 Å². The molecule has 0 aromatic heterocycles. The van der Waals surface area contributed by atoms with E-state index in [4.69, 9.17) is 9.47 Å². The number of carbonyl (C=O) groups is 2. The molecule has 41 heavy (non-hydrogen) atoms. The van der Waals surface area contributed by atoms with Crippen LogP contribution >= 0.6 is 0 Å². The normalized spacial score (nSPS) is 25.7. The fourth-order valence-electron chi connectivity index (χ4n) is 5.18. The van der Waals surface area contributed by atoms with Crippen LogP contribution in [0.2, 0.25) is 0 Å². The molecule has 9 nitrogen and oxygen atoms in total. The summed E-state index contributed by atoms with van der Waals surface area (Å²) in [5.74, 6) is -0.995. The van der Waals surface area contributed by atoms with E-state index in [1.165, 1.54) is 23.2 Å². The average Bonchev–Trinajstić information content (AvgIpc) is 3.42. The van der Waals surface area contributed by atoms with Gasteiger partial charge in [0.25, 0.3) is 0 Å². The number of ether oxygens (including phenoxy) is 2. The van der Waals surface area contributed by atoms with Crippen molar-refractivity contribution in [3.63, 3.8) is 0 Å². The summed E-state index contributed by atoms with van der Waals surface area (Å²) in [5.41, 5.74) is 5.07. The minimum absolute atomic E-state index is 0.107. The molecule has 2 heterocycles. The maximum Gasteiger partial charge on any atom is 0.325 e. The molecule has 3 N–H and O–H groups in total. The highest BCUT2D eigenvalue weighted by atomic mass is 32.2. The zero-order chi connectivity index (χ0) is 29.4. The average molecular weight is 583 g/mol. The van der Waals surface area contributed by atoms with Crippen LogP contribution in [0.25, 0.3) is 17.2 Å². The van der Waals surface area contributed by atoms with Gasteiger partial charge in [-0.1, -0.05) is 6.07 Å². The number of halogens is 1. The molecule has 0 saturated carbocycles. The van der Waals surface area contributed by atoms with E-state index in [0.29, 0.717) is 21.6 Å². The zero-order valence-electron chi connectivity index (χ0n) is 22.8.